The quantitative estimate of drug-likeness (QED) is 0.791. The summed E-state index contributed by atoms with van der Waals surface area (Å²) in [5.41, 5.74) is 0. The Balaban J connectivity index is 1.96. The van der Waals surface area contributed by atoms with Crippen LogP contribution in [0.5, 0.6) is 0 Å². The third-order valence-electron chi connectivity index (χ3n) is 2.93. The molecule has 0 aliphatic heterocycles. The van der Waals surface area contributed by atoms with Crippen molar-refractivity contribution in [2.45, 2.75) is 36.1 Å². The SMILES string of the molecule is CNC(=O)NC(=O)[C@H](C)Sc1nnc(C2CC2)n1C. The molecule has 19 heavy (non-hydrogen) atoms. The van der Waals surface area contributed by atoms with E-state index in [4.69, 9.17) is 0 Å². The zero-order valence-corrected chi connectivity index (χ0v) is 12.0. The molecule has 2 rings (SSSR count). The molecule has 2 N–H and O–H groups in total. The van der Waals surface area contributed by atoms with Crippen molar-refractivity contribution in [1.29, 1.82) is 0 Å². The van der Waals surface area contributed by atoms with Gasteiger partial charge in [0.15, 0.2) is 5.16 Å². The number of amides is 3. The minimum atomic E-state index is -0.505. The number of hydrogen-bond donors (Lipinski definition) is 2. The third kappa shape index (κ3) is 3.25. The van der Waals surface area contributed by atoms with Gasteiger partial charge in [0.25, 0.3) is 0 Å². The van der Waals surface area contributed by atoms with E-state index < -0.39 is 11.3 Å². The average Bonchev–Trinajstić information content (AvgIpc) is 3.16. The van der Waals surface area contributed by atoms with Gasteiger partial charge < -0.3 is 9.88 Å². The number of nitrogens with one attached hydrogen (secondary N) is 2. The van der Waals surface area contributed by atoms with Gasteiger partial charge in [-0.2, -0.15) is 0 Å². The molecule has 0 saturated heterocycles. The van der Waals surface area contributed by atoms with Gasteiger partial charge in [-0.05, 0) is 19.8 Å². The molecule has 7 nitrogen and oxygen atoms in total. The van der Waals surface area contributed by atoms with Crippen LogP contribution in [0.1, 0.15) is 31.5 Å². The molecule has 0 aromatic carbocycles. The number of thioether (sulfide) groups is 1. The minimum Gasteiger partial charge on any atom is -0.341 e. The van der Waals surface area contributed by atoms with Crippen molar-refractivity contribution >= 4 is 23.7 Å². The van der Waals surface area contributed by atoms with E-state index >= 15 is 0 Å². The Hall–Kier alpha value is -1.57. The molecule has 1 aromatic heterocycles. The van der Waals surface area contributed by atoms with Crippen molar-refractivity contribution in [3.8, 4) is 0 Å². The van der Waals surface area contributed by atoms with Gasteiger partial charge in [0.1, 0.15) is 5.82 Å². The number of nitrogens with zero attached hydrogens (tertiary/aromatic N) is 3. The molecule has 0 bridgehead atoms. The molecule has 1 atom stereocenters. The van der Waals surface area contributed by atoms with Crippen molar-refractivity contribution in [2.24, 2.45) is 7.05 Å². The van der Waals surface area contributed by atoms with Crippen molar-refractivity contribution in [2.75, 3.05) is 7.05 Å². The molecule has 104 valence electrons. The standard InChI is InChI=1S/C11H17N5O2S/c1-6(9(17)13-10(18)12-2)19-11-15-14-8(16(11)3)7-4-5-7/h6-7H,4-5H2,1-3H3,(H2,12,13,17,18)/t6-/m0/s1. The van der Waals surface area contributed by atoms with Gasteiger partial charge >= 0.3 is 6.03 Å². The minimum absolute atomic E-state index is 0.347. The van der Waals surface area contributed by atoms with E-state index in [2.05, 4.69) is 20.8 Å². The van der Waals surface area contributed by atoms with Crippen LogP contribution in [0.4, 0.5) is 4.79 Å². The largest absolute Gasteiger partial charge is 0.341 e. The van der Waals surface area contributed by atoms with Crippen molar-refractivity contribution in [3.63, 3.8) is 0 Å². The van der Waals surface area contributed by atoms with Crippen LogP contribution in [0.25, 0.3) is 0 Å². The van der Waals surface area contributed by atoms with Gasteiger partial charge in [0.2, 0.25) is 5.91 Å². The molecule has 1 heterocycles. The number of carbonyl (C=O) groups is 2. The first kappa shape index (κ1) is 13.9. The first-order valence-electron chi connectivity index (χ1n) is 6.11. The van der Waals surface area contributed by atoms with Gasteiger partial charge in [-0.1, -0.05) is 11.8 Å². The Kier molecular flexibility index (Phi) is 4.08. The highest BCUT2D eigenvalue weighted by Gasteiger charge is 2.30. The summed E-state index contributed by atoms with van der Waals surface area (Å²) in [7, 11) is 3.37. The van der Waals surface area contributed by atoms with Crippen LogP contribution in [-0.2, 0) is 11.8 Å². The maximum atomic E-state index is 11.7. The van der Waals surface area contributed by atoms with Crippen LogP contribution in [0.2, 0.25) is 0 Å². The monoisotopic (exact) mass is 283 g/mol. The zero-order valence-electron chi connectivity index (χ0n) is 11.1. The third-order valence-corrected chi connectivity index (χ3v) is 4.06. The zero-order chi connectivity index (χ0) is 14.0. The molecule has 1 aromatic rings. The van der Waals surface area contributed by atoms with Crippen LogP contribution in [0.15, 0.2) is 5.16 Å². The Bertz CT molecular complexity index is 497. The maximum Gasteiger partial charge on any atom is 0.321 e. The summed E-state index contributed by atoms with van der Waals surface area (Å²) < 4.78 is 1.92. The van der Waals surface area contributed by atoms with Crippen LogP contribution in [0.3, 0.4) is 0 Å². The summed E-state index contributed by atoms with van der Waals surface area (Å²) >= 11 is 1.29. The van der Waals surface area contributed by atoms with Crippen LogP contribution >= 0.6 is 11.8 Å². The lowest BCUT2D eigenvalue weighted by molar-refractivity contribution is -0.119. The highest BCUT2D eigenvalue weighted by molar-refractivity contribution is 8.00. The maximum absolute atomic E-state index is 11.7. The topological polar surface area (TPSA) is 88.9 Å². The Morgan fingerprint density at radius 2 is 2.11 bits per heavy atom. The molecule has 8 heteroatoms. The van der Waals surface area contributed by atoms with Gasteiger partial charge in [0, 0.05) is 20.0 Å². The molecule has 1 saturated carbocycles. The predicted octanol–water partition coefficient (Wildman–Crippen LogP) is 0.629. The molecular formula is C11H17N5O2S. The van der Waals surface area contributed by atoms with Gasteiger partial charge in [0.05, 0.1) is 5.25 Å². The second kappa shape index (κ2) is 5.60. The Morgan fingerprint density at radius 3 is 2.68 bits per heavy atom. The van der Waals surface area contributed by atoms with E-state index in [1.165, 1.54) is 18.8 Å². The van der Waals surface area contributed by atoms with Crippen molar-refractivity contribution in [1.82, 2.24) is 25.4 Å². The second-order valence-corrected chi connectivity index (χ2v) is 5.81. The van der Waals surface area contributed by atoms with Gasteiger partial charge in [-0.3, -0.25) is 10.1 Å². The second-order valence-electron chi connectivity index (χ2n) is 4.50. The van der Waals surface area contributed by atoms with Crippen LogP contribution < -0.4 is 10.6 Å². The lowest BCUT2D eigenvalue weighted by Gasteiger charge is -2.10. The molecule has 3 amide bonds. The number of urea groups is 1. The van der Waals surface area contributed by atoms with Gasteiger partial charge in [-0.15, -0.1) is 10.2 Å². The van der Waals surface area contributed by atoms with Crippen LogP contribution in [-0.4, -0.2) is 39.0 Å². The lowest BCUT2D eigenvalue weighted by atomic mass is 10.4. The Morgan fingerprint density at radius 1 is 1.42 bits per heavy atom. The van der Waals surface area contributed by atoms with Gasteiger partial charge in [-0.25, -0.2) is 4.79 Å². The summed E-state index contributed by atoms with van der Waals surface area (Å²) in [5.74, 6) is 1.14. The summed E-state index contributed by atoms with van der Waals surface area (Å²) in [6.07, 6.45) is 2.31. The van der Waals surface area contributed by atoms with E-state index in [-0.39, 0.29) is 5.91 Å². The number of hydrogen-bond acceptors (Lipinski definition) is 5. The first-order valence-corrected chi connectivity index (χ1v) is 6.99. The van der Waals surface area contributed by atoms with E-state index in [1.807, 2.05) is 11.6 Å². The fourth-order valence-corrected chi connectivity index (χ4v) is 2.44. The predicted molar refractivity (Wildman–Crippen MR) is 70.9 cm³/mol. The molecule has 0 spiro atoms. The summed E-state index contributed by atoms with van der Waals surface area (Å²) in [6, 6.07) is -0.505. The molecule has 1 fully saturated rings. The van der Waals surface area contributed by atoms with Crippen LogP contribution in [0, 0.1) is 0 Å². The number of imide groups is 1. The molecule has 0 unspecified atom stereocenters. The fraction of sp³-hybridized carbons (Fsp3) is 0.636. The number of carbonyl (C=O) groups excluding carboxylic acids is 2. The smallest absolute Gasteiger partial charge is 0.321 e. The highest BCUT2D eigenvalue weighted by atomic mass is 32.2. The normalized spacial score (nSPS) is 15.9. The van der Waals surface area contributed by atoms with E-state index in [9.17, 15) is 9.59 Å². The lowest BCUT2D eigenvalue weighted by Crippen LogP contribution is -2.41. The summed E-state index contributed by atoms with van der Waals surface area (Å²) in [5, 5.41) is 13.1. The first-order chi connectivity index (χ1) is 9.02. The molecule has 1 aliphatic carbocycles. The van der Waals surface area contributed by atoms with E-state index in [0.717, 1.165) is 18.7 Å². The molecular weight excluding hydrogens is 266 g/mol. The average molecular weight is 283 g/mol. The number of aromatic nitrogens is 3. The van der Waals surface area contributed by atoms with E-state index in [0.29, 0.717) is 11.1 Å². The fourth-order valence-electron chi connectivity index (χ4n) is 1.61. The highest BCUT2D eigenvalue weighted by Crippen LogP contribution is 2.39. The summed E-state index contributed by atoms with van der Waals surface area (Å²) in [6.45, 7) is 1.73. The van der Waals surface area contributed by atoms with Crippen molar-refractivity contribution in [3.05, 3.63) is 5.82 Å². The summed E-state index contributed by atoms with van der Waals surface area (Å²) in [4.78, 5) is 22.8. The number of rotatable bonds is 4. The molecule has 1 aliphatic rings. The Labute approximate surface area is 115 Å². The molecule has 0 radical (unpaired) electrons. The van der Waals surface area contributed by atoms with E-state index in [1.54, 1.807) is 6.92 Å². The van der Waals surface area contributed by atoms with Crippen molar-refractivity contribution < 1.29 is 9.59 Å².